The number of hydrogen-bond acceptors (Lipinski definition) is 2. The molecule has 2 rings (SSSR count). The van der Waals surface area contributed by atoms with E-state index in [4.69, 9.17) is 11.0 Å². The summed E-state index contributed by atoms with van der Waals surface area (Å²) in [6, 6.07) is 10.9. The van der Waals surface area contributed by atoms with Crippen LogP contribution in [0, 0.1) is 18.3 Å². The molecule has 2 nitrogen and oxygen atoms in total. The second kappa shape index (κ2) is 4.89. The van der Waals surface area contributed by atoms with Gasteiger partial charge in [0.1, 0.15) is 0 Å². The summed E-state index contributed by atoms with van der Waals surface area (Å²) in [6.07, 6.45) is -4.46. The minimum absolute atomic E-state index is 0.0117. The Bertz CT molecular complexity index is 697. The molecule has 0 fully saturated rings. The molecule has 0 aliphatic carbocycles. The summed E-state index contributed by atoms with van der Waals surface area (Å²) in [5.41, 5.74) is 6.26. The first-order chi connectivity index (χ1) is 9.32. The van der Waals surface area contributed by atoms with Gasteiger partial charge in [-0.2, -0.15) is 18.4 Å². The van der Waals surface area contributed by atoms with Crippen molar-refractivity contribution in [2.24, 2.45) is 0 Å². The standard InChI is InChI=1S/C15H11F3N2/c1-9-13(15(16,17)18)6-12(7-14(9)20)11-4-2-3-10(5-11)8-19/h2-7H,20H2,1H3. The van der Waals surface area contributed by atoms with E-state index in [1.54, 1.807) is 18.2 Å². The van der Waals surface area contributed by atoms with Crippen LogP contribution in [-0.2, 0) is 6.18 Å². The van der Waals surface area contributed by atoms with E-state index in [1.165, 1.54) is 19.1 Å². The molecular formula is C15H11F3N2. The molecule has 2 N–H and O–H groups in total. The van der Waals surface area contributed by atoms with Gasteiger partial charge in [-0.15, -0.1) is 0 Å². The molecule has 2 aromatic rings. The summed E-state index contributed by atoms with van der Waals surface area (Å²) in [5, 5.41) is 8.84. The number of nitriles is 1. The maximum absolute atomic E-state index is 13.0. The Morgan fingerprint density at radius 1 is 1.10 bits per heavy atom. The maximum atomic E-state index is 13.0. The van der Waals surface area contributed by atoms with Gasteiger partial charge in [-0.1, -0.05) is 12.1 Å². The first-order valence-corrected chi connectivity index (χ1v) is 5.81. The fourth-order valence-corrected chi connectivity index (χ4v) is 1.97. The molecule has 0 aliphatic rings. The van der Waals surface area contributed by atoms with Crippen molar-refractivity contribution in [2.75, 3.05) is 5.73 Å². The van der Waals surface area contributed by atoms with Gasteiger partial charge in [-0.25, -0.2) is 0 Å². The van der Waals surface area contributed by atoms with Crippen molar-refractivity contribution in [3.8, 4) is 17.2 Å². The second-order valence-electron chi connectivity index (χ2n) is 4.43. The van der Waals surface area contributed by atoms with Crippen molar-refractivity contribution in [1.29, 1.82) is 5.26 Å². The number of nitrogens with zero attached hydrogens (tertiary/aromatic N) is 1. The number of benzene rings is 2. The van der Waals surface area contributed by atoms with Gasteiger partial charge >= 0.3 is 6.18 Å². The third-order valence-corrected chi connectivity index (χ3v) is 3.08. The van der Waals surface area contributed by atoms with E-state index in [0.717, 1.165) is 6.07 Å². The number of anilines is 1. The van der Waals surface area contributed by atoms with E-state index in [-0.39, 0.29) is 11.3 Å². The first kappa shape index (κ1) is 13.9. The minimum atomic E-state index is -4.46. The molecule has 0 heterocycles. The second-order valence-corrected chi connectivity index (χ2v) is 4.43. The number of nitrogens with two attached hydrogens (primary N) is 1. The zero-order valence-electron chi connectivity index (χ0n) is 10.6. The molecule has 0 aromatic heterocycles. The van der Waals surface area contributed by atoms with Crippen molar-refractivity contribution in [2.45, 2.75) is 13.1 Å². The van der Waals surface area contributed by atoms with Crippen molar-refractivity contribution in [1.82, 2.24) is 0 Å². The summed E-state index contributed by atoms with van der Waals surface area (Å²) in [7, 11) is 0. The normalized spacial score (nSPS) is 11.2. The van der Waals surface area contributed by atoms with Crippen LogP contribution in [-0.4, -0.2) is 0 Å². The third kappa shape index (κ3) is 2.59. The molecule has 0 unspecified atom stereocenters. The van der Waals surface area contributed by atoms with Crippen LogP contribution >= 0.6 is 0 Å². The van der Waals surface area contributed by atoms with Crippen LogP contribution < -0.4 is 5.73 Å². The number of hydrogen-bond donors (Lipinski definition) is 1. The molecule has 0 spiro atoms. The lowest BCUT2D eigenvalue weighted by atomic mass is 9.97. The summed E-state index contributed by atoms with van der Waals surface area (Å²) < 4.78 is 38.9. The Morgan fingerprint density at radius 3 is 2.40 bits per heavy atom. The highest BCUT2D eigenvalue weighted by atomic mass is 19.4. The summed E-state index contributed by atoms with van der Waals surface area (Å²) in [4.78, 5) is 0. The van der Waals surface area contributed by atoms with Crippen LogP contribution in [0.15, 0.2) is 36.4 Å². The van der Waals surface area contributed by atoms with E-state index in [0.29, 0.717) is 16.7 Å². The third-order valence-electron chi connectivity index (χ3n) is 3.08. The molecule has 0 saturated carbocycles. The molecule has 20 heavy (non-hydrogen) atoms. The van der Waals surface area contributed by atoms with Crippen LogP contribution in [0.5, 0.6) is 0 Å². The number of rotatable bonds is 1. The molecule has 2 aromatic carbocycles. The molecule has 0 bridgehead atoms. The number of nitrogen functional groups attached to an aromatic ring is 1. The van der Waals surface area contributed by atoms with Crippen LogP contribution in [0.2, 0.25) is 0 Å². The van der Waals surface area contributed by atoms with E-state index in [2.05, 4.69) is 0 Å². The van der Waals surface area contributed by atoms with Gasteiger partial charge < -0.3 is 5.73 Å². The SMILES string of the molecule is Cc1c(N)cc(-c2cccc(C#N)c2)cc1C(F)(F)F. The highest BCUT2D eigenvalue weighted by Gasteiger charge is 2.33. The Kier molecular flexibility index (Phi) is 3.41. The van der Waals surface area contributed by atoms with Gasteiger partial charge in [0.2, 0.25) is 0 Å². The van der Waals surface area contributed by atoms with E-state index in [9.17, 15) is 13.2 Å². The van der Waals surface area contributed by atoms with Crippen molar-refractivity contribution >= 4 is 5.69 Å². The lowest BCUT2D eigenvalue weighted by Crippen LogP contribution is -2.09. The van der Waals surface area contributed by atoms with Gasteiger partial charge in [0.05, 0.1) is 17.2 Å². The molecule has 0 amide bonds. The minimum Gasteiger partial charge on any atom is -0.398 e. The van der Waals surface area contributed by atoms with E-state index >= 15 is 0 Å². The largest absolute Gasteiger partial charge is 0.416 e. The van der Waals surface area contributed by atoms with Crippen LogP contribution in [0.4, 0.5) is 18.9 Å². The zero-order valence-corrected chi connectivity index (χ0v) is 10.6. The predicted octanol–water partition coefficient (Wildman–Crippen LogP) is 4.13. The Balaban J connectivity index is 2.64. The van der Waals surface area contributed by atoms with Gasteiger partial charge in [0.25, 0.3) is 0 Å². The molecule has 102 valence electrons. The first-order valence-electron chi connectivity index (χ1n) is 5.81. The summed E-state index contributed by atoms with van der Waals surface area (Å²) in [6.45, 7) is 1.34. The lowest BCUT2D eigenvalue weighted by molar-refractivity contribution is -0.137. The average Bonchev–Trinajstić information content (AvgIpc) is 2.40. The van der Waals surface area contributed by atoms with Crippen LogP contribution in [0.25, 0.3) is 11.1 Å². The van der Waals surface area contributed by atoms with E-state index < -0.39 is 11.7 Å². The number of halogens is 3. The molecular weight excluding hydrogens is 265 g/mol. The summed E-state index contributed by atoms with van der Waals surface area (Å²) >= 11 is 0. The molecule has 0 saturated heterocycles. The summed E-state index contributed by atoms with van der Waals surface area (Å²) in [5.74, 6) is 0. The van der Waals surface area contributed by atoms with E-state index in [1.807, 2.05) is 6.07 Å². The molecule has 5 heteroatoms. The maximum Gasteiger partial charge on any atom is 0.416 e. The van der Waals surface area contributed by atoms with Crippen molar-refractivity contribution in [3.05, 3.63) is 53.1 Å². The zero-order chi connectivity index (χ0) is 14.9. The van der Waals surface area contributed by atoms with Crippen molar-refractivity contribution < 1.29 is 13.2 Å². The highest BCUT2D eigenvalue weighted by Crippen LogP contribution is 2.37. The Morgan fingerprint density at radius 2 is 1.80 bits per heavy atom. The van der Waals surface area contributed by atoms with Gasteiger partial charge in [-0.05, 0) is 47.9 Å². The molecule has 0 radical (unpaired) electrons. The molecule has 0 aliphatic heterocycles. The highest BCUT2D eigenvalue weighted by molar-refractivity contribution is 5.72. The van der Waals surface area contributed by atoms with Crippen LogP contribution in [0.3, 0.4) is 0 Å². The number of alkyl halides is 3. The Labute approximate surface area is 114 Å². The fourth-order valence-electron chi connectivity index (χ4n) is 1.97. The topological polar surface area (TPSA) is 49.8 Å². The fraction of sp³-hybridized carbons (Fsp3) is 0.133. The lowest BCUT2D eigenvalue weighted by Gasteiger charge is -2.14. The molecule has 0 atom stereocenters. The predicted molar refractivity (Wildman–Crippen MR) is 70.7 cm³/mol. The van der Waals surface area contributed by atoms with Crippen LogP contribution in [0.1, 0.15) is 16.7 Å². The van der Waals surface area contributed by atoms with Gasteiger partial charge in [0, 0.05) is 5.69 Å². The Hall–Kier alpha value is -2.48. The monoisotopic (exact) mass is 276 g/mol. The quantitative estimate of drug-likeness (QED) is 0.796. The smallest absolute Gasteiger partial charge is 0.398 e. The van der Waals surface area contributed by atoms with Gasteiger partial charge in [0.15, 0.2) is 0 Å². The van der Waals surface area contributed by atoms with Crippen molar-refractivity contribution in [3.63, 3.8) is 0 Å². The average molecular weight is 276 g/mol. The van der Waals surface area contributed by atoms with Gasteiger partial charge in [-0.3, -0.25) is 0 Å².